The van der Waals surface area contributed by atoms with E-state index in [0.29, 0.717) is 12.3 Å². The summed E-state index contributed by atoms with van der Waals surface area (Å²) in [6, 6.07) is 5.66. The number of carboxylic acid groups (broad SMARTS) is 1. The first-order valence-electron chi connectivity index (χ1n) is 5.24. The number of carbonyl (C=O) groups is 2. The smallest absolute Gasteiger partial charge is 0.411 e. The van der Waals surface area contributed by atoms with Crippen molar-refractivity contribution in [3.8, 4) is 0 Å². The van der Waals surface area contributed by atoms with Crippen LogP contribution in [0.3, 0.4) is 0 Å². The van der Waals surface area contributed by atoms with E-state index < -0.39 is 12.1 Å². The highest BCUT2D eigenvalue weighted by Gasteiger charge is 2.04. The minimum absolute atomic E-state index is 0.0612. The van der Waals surface area contributed by atoms with E-state index in [-0.39, 0.29) is 11.5 Å². The summed E-state index contributed by atoms with van der Waals surface area (Å²) in [4.78, 5) is 21.8. The molecule has 0 saturated carbocycles. The van der Waals surface area contributed by atoms with Crippen LogP contribution in [0.2, 0.25) is 0 Å². The highest BCUT2D eigenvalue weighted by atomic mass is 16.5. The van der Waals surface area contributed by atoms with Gasteiger partial charge in [0.25, 0.3) is 0 Å². The van der Waals surface area contributed by atoms with Gasteiger partial charge in [0.1, 0.15) is 0 Å². The number of anilines is 1. The fraction of sp³-hybridized carbons (Fsp3) is 0.333. The predicted molar refractivity (Wildman–Crippen MR) is 60.6 cm³/mol. The van der Waals surface area contributed by atoms with Gasteiger partial charge in [-0.25, -0.2) is 4.79 Å². The number of carbonyl (C=O) groups excluding carboxylic acids is 2. The molecular weight excluding hydrogens is 222 g/mol. The largest absolute Gasteiger partial charge is 0.545 e. The lowest BCUT2D eigenvalue weighted by Crippen LogP contribution is -2.22. The van der Waals surface area contributed by atoms with Crippen molar-refractivity contribution in [1.82, 2.24) is 0 Å². The summed E-state index contributed by atoms with van der Waals surface area (Å²) in [5, 5.41) is 13.0. The molecule has 0 unspecified atom stereocenters. The molecule has 92 valence electrons. The van der Waals surface area contributed by atoms with Crippen molar-refractivity contribution in [3.63, 3.8) is 0 Å². The third-order valence-electron chi connectivity index (χ3n) is 1.91. The number of rotatable bonds is 4. The summed E-state index contributed by atoms with van der Waals surface area (Å²) in [6.45, 7) is 4.20. The Morgan fingerprint density at radius 3 is 2.35 bits per heavy atom. The number of aromatic carboxylic acids is 1. The number of hydrogen-bond donors (Lipinski definition) is 1. The van der Waals surface area contributed by atoms with E-state index in [9.17, 15) is 14.7 Å². The van der Waals surface area contributed by atoms with Gasteiger partial charge in [0.2, 0.25) is 0 Å². The van der Waals surface area contributed by atoms with Gasteiger partial charge in [0.15, 0.2) is 0 Å². The molecule has 0 bridgehead atoms. The van der Waals surface area contributed by atoms with E-state index >= 15 is 0 Å². The Balaban J connectivity index is 2.51. The molecule has 0 aromatic heterocycles. The molecule has 5 heteroatoms. The standard InChI is InChI=1S/C12H15NO4/c1-8(2)7-17-12(16)13-10-5-3-9(4-6-10)11(14)15/h3-6,8H,7H2,1-2H3,(H,13,16)(H,14,15)/p-1. The summed E-state index contributed by atoms with van der Waals surface area (Å²) < 4.78 is 4.91. The molecule has 1 aromatic rings. The summed E-state index contributed by atoms with van der Waals surface area (Å²) in [6.07, 6.45) is -0.556. The Morgan fingerprint density at radius 1 is 1.29 bits per heavy atom. The van der Waals surface area contributed by atoms with Gasteiger partial charge in [-0.05, 0) is 23.6 Å². The average Bonchev–Trinajstić information content (AvgIpc) is 2.27. The minimum atomic E-state index is -1.25. The van der Waals surface area contributed by atoms with Crippen molar-refractivity contribution in [3.05, 3.63) is 29.8 Å². The molecule has 0 atom stereocenters. The van der Waals surface area contributed by atoms with E-state index in [4.69, 9.17) is 4.74 Å². The molecule has 0 aliphatic rings. The summed E-state index contributed by atoms with van der Waals surface area (Å²) >= 11 is 0. The topological polar surface area (TPSA) is 78.5 Å². The minimum Gasteiger partial charge on any atom is -0.545 e. The van der Waals surface area contributed by atoms with Crippen LogP contribution in [0.5, 0.6) is 0 Å². The van der Waals surface area contributed by atoms with Gasteiger partial charge in [0.05, 0.1) is 12.6 Å². The van der Waals surface area contributed by atoms with E-state index in [1.807, 2.05) is 13.8 Å². The van der Waals surface area contributed by atoms with Crippen LogP contribution >= 0.6 is 0 Å². The lowest BCUT2D eigenvalue weighted by molar-refractivity contribution is -0.255. The van der Waals surface area contributed by atoms with Gasteiger partial charge in [0, 0.05) is 5.69 Å². The van der Waals surface area contributed by atoms with Gasteiger partial charge in [-0.2, -0.15) is 0 Å². The van der Waals surface area contributed by atoms with Crippen LogP contribution in [0.25, 0.3) is 0 Å². The second-order valence-electron chi connectivity index (χ2n) is 3.98. The number of carboxylic acids is 1. The molecule has 0 fully saturated rings. The SMILES string of the molecule is CC(C)COC(=O)Nc1ccc(C(=O)[O-])cc1. The van der Waals surface area contributed by atoms with Crippen LogP contribution in [0.15, 0.2) is 24.3 Å². The van der Waals surface area contributed by atoms with Crippen molar-refractivity contribution in [2.75, 3.05) is 11.9 Å². The zero-order chi connectivity index (χ0) is 12.8. The summed E-state index contributed by atoms with van der Waals surface area (Å²) in [5.41, 5.74) is 0.537. The molecule has 0 radical (unpaired) electrons. The second kappa shape index (κ2) is 5.89. The Labute approximate surface area is 99.4 Å². The molecule has 1 amide bonds. The van der Waals surface area contributed by atoms with Gasteiger partial charge in [-0.15, -0.1) is 0 Å². The quantitative estimate of drug-likeness (QED) is 0.853. The highest BCUT2D eigenvalue weighted by molar-refractivity contribution is 5.88. The molecule has 0 heterocycles. The molecule has 0 aliphatic carbocycles. The molecule has 0 aliphatic heterocycles. The normalized spacial score (nSPS) is 10.1. The first-order valence-corrected chi connectivity index (χ1v) is 5.24. The van der Waals surface area contributed by atoms with Crippen molar-refractivity contribution < 1.29 is 19.4 Å². The number of amides is 1. The number of benzene rings is 1. The Hall–Kier alpha value is -2.04. The fourth-order valence-corrected chi connectivity index (χ4v) is 1.09. The Bertz CT molecular complexity index is 397. The molecule has 5 nitrogen and oxygen atoms in total. The van der Waals surface area contributed by atoms with Crippen LogP contribution < -0.4 is 10.4 Å². The maximum absolute atomic E-state index is 11.3. The molecule has 0 spiro atoms. The first kappa shape index (κ1) is 13.0. The highest BCUT2D eigenvalue weighted by Crippen LogP contribution is 2.09. The number of nitrogens with one attached hydrogen (secondary N) is 1. The zero-order valence-corrected chi connectivity index (χ0v) is 9.73. The van der Waals surface area contributed by atoms with Gasteiger partial charge in [-0.3, -0.25) is 5.32 Å². The lowest BCUT2D eigenvalue weighted by atomic mass is 10.2. The summed E-state index contributed by atoms with van der Waals surface area (Å²) in [7, 11) is 0. The van der Waals surface area contributed by atoms with E-state index in [1.54, 1.807) is 0 Å². The maximum atomic E-state index is 11.3. The fourth-order valence-electron chi connectivity index (χ4n) is 1.09. The zero-order valence-electron chi connectivity index (χ0n) is 9.73. The van der Waals surface area contributed by atoms with Crippen LogP contribution in [0.1, 0.15) is 24.2 Å². The molecule has 1 rings (SSSR count). The van der Waals surface area contributed by atoms with Crippen molar-refractivity contribution in [1.29, 1.82) is 0 Å². The Morgan fingerprint density at radius 2 is 1.88 bits per heavy atom. The summed E-state index contributed by atoms with van der Waals surface area (Å²) in [5.74, 6) is -0.986. The molecule has 17 heavy (non-hydrogen) atoms. The van der Waals surface area contributed by atoms with Crippen LogP contribution in [-0.2, 0) is 4.74 Å². The van der Waals surface area contributed by atoms with Crippen molar-refractivity contribution in [2.45, 2.75) is 13.8 Å². The predicted octanol–water partition coefficient (Wildman–Crippen LogP) is 1.25. The van der Waals surface area contributed by atoms with E-state index in [1.165, 1.54) is 24.3 Å². The molecule has 1 aromatic carbocycles. The molecular formula is C12H14NO4-. The molecule has 0 saturated heterocycles. The van der Waals surface area contributed by atoms with Crippen molar-refractivity contribution in [2.24, 2.45) is 5.92 Å². The number of hydrogen-bond acceptors (Lipinski definition) is 4. The van der Waals surface area contributed by atoms with E-state index in [0.717, 1.165) is 0 Å². The number of ether oxygens (including phenoxy) is 1. The van der Waals surface area contributed by atoms with E-state index in [2.05, 4.69) is 5.32 Å². The lowest BCUT2D eigenvalue weighted by Gasteiger charge is -2.09. The maximum Gasteiger partial charge on any atom is 0.411 e. The third kappa shape index (κ3) is 4.55. The monoisotopic (exact) mass is 236 g/mol. The Kier molecular flexibility index (Phi) is 4.51. The van der Waals surface area contributed by atoms with Gasteiger partial charge >= 0.3 is 6.09 Å². The van der Waals surface area contributed by atoms with Crippen molar-refractivity contribution >= 4 is 17.7 Å². The first-order chi connectivity index (χ1) is 7.99. The van der Waals surface area contributed by atoms with Crippen LogP contribution in [0, 0.1) is 5.92 Å². The third-order valence-corrected chi connectivity index (χ3v) is 1.91. The average molecular weight is 236 g/mol. The second-order valence-corrected chi connectivity index (χ2v) is 3.98. The van der Waals surface area contributed by atoms with Crippen LogP contribution in [-0.4, -0.2) is 18.7 Å². The van der Waals surface area contributed by atoms with Gasteiger partial charge in [-0.1, -0.05) is 26.0 Å². The molecule has 1 N–H and O–H groups in total. The van der Waals surface area contributed by atoms with Crippen LogP contribution in [0.4, 0.5) is 10.5 Å². The van der Waals surface area contributed by atoms with Gasteiger partial charge < -0.3 is 14.6 Å².